The van der Waals surface area contributed by atoms with E-state index >= 15 is 0 Å². The zero-order valence-electron chi connectivity index (χ0n) is 12.8. The van der Waals surface area contributed by atoms with E-state index in [1.54, 1.807) is 23.5 Å². The van der Waals surface area contributed by atoms with Crippen molar-refractivity contribution in [2.75, 3.05) is 13.1 Å². The molecule has 0 aliphatic heterocycles. The summed E-state index contributed by atoms with van der Waals surface area (Å²) in [7, 11) is 0. The molecule has 1 aromatic carbocycles. The van der Waals surface area contributed by atoms with Crippen molar-refractivity contribution in [2.24, 2.45) is 4.99 Å². The number of nitrogens with zero attached hydrogens (tertiary/aromatic N) is 1. The molecular weight excluding hydrogens is 428 g/mol. The van der Waals surface area contributed by atoms with Crippen LogP contribution in [-0.4, -0.2) is 24.2 Å². The molecule has 3 N–H and O–H groups in total. The lowest BCUT2D eigenvalue weighted by Gasteiger charge is -2.15. The molecule has 0 saturated heterocycles. The minimum absolute atomic E-state index is 0. The molecule has 2 rings (SSSR count). The Hall–Kier alpha value is -1.19. The zero-order chi connectivity index (χ0) is 15.8. The van der Waals surface area contributed by atoms with Gasteiger partial charge >= 0.3 is 0 Å². The molecule has 2 aromatic rings. The molecule has 0 bridgehead atoms. The fourth-order valence-corrected chi connectivity index (χ4v) is 2.55. The highest BCUT2D eigenvalue weighted by Crippen LogP contribution is 2.12. The summed E-state index contributed by atoms with van der Waals surface area (Å²) in [4.78, 5) is 4.47. The third kappa shape index (κ3) is 6.84. The van der Waals surface area contributed by atoms with Crippen LogP contribution in [0, 0.1) is 5.82 Å². The van der Waals surface area contributed by atoms with Gasteiger partial charge in [-0.25, -0.2) is 9.38 Å². The van der Waals surface area contributed by atoms with Crippen LogP contribution in [0.25, 0.3) is 0 Å². The van der Waals surface area contributed by atoms with E-state index in [0.29, 0.717) is 24.6 Å². The fraction of sp³-hybridized carbons (Fsp3) is 0.312. The molecular formula is C16H21FIN3OS. The van der Waals surface area contributed by atoms with Crippen molar-refractivity contribution in [1.29, 1.82) is 0 Å². The van der Waals surface area contributed by atoms with Crippen molar-refractivity contribution in [3.8, 4) is 0 Å². The maximum atomic E-state index is 12.9. The van der Waals surface area contributed by atoms with Gasteiger partial charge in [0, 0.05) is 13.1 Å². The van der Waals surface area contributed by atoms with Crippen molar-refractivity contribution in [3.05, 3.63) is 58.0 Å². The lowest BCUT2D eigenvalue weighted by atomic mass is 10.1. The monoisotopic (exact) mass is 449 g/mol. The topological polar surface area (TPSA) is 56.7 Å². The van der Waals surface area contributed by atoms with E-state index in [9.17, 15) is 9.50 Å². The predicted octanol–water partition coefficient (Wildman–Crippen LogP) is 3.29. The van der Waals surface area contributed by atoms with E-state index in [1.165, 1.54) is 12.1 Å². The first kappa shape index (κ1) is 19.9. The van der Waals surface area contributed by atoms with Gasteiger partial charge in [0.05, 0.1) is 12.6 Å². The number of aliphatic imine (C=N–C) groups is 1. The summed E-state index contributed by atoms with van der Waals surface area (Å²) < 4.78 is 12.9. The van der Waals surface area contributed by atoms with E-state index in [-0.39, 0.29) is 29.8 Å². The molecule has 1 unspecified atom stereocenters. The Morgan fingerprint density at radius 1 is 1.26 bits per heavy atom. The molecule has 4 nitrogen and oxygen atoms in total. The smallest absolute Gasteiger partial charge is 0.191 e. The lowest BCUT2D eigenvalue weighted by molar-refractivity contribution is 0.180. The molecule has 23 heavy (non-hydrogen) atoms. The normalized spacial score (nSPS) is 12.4. The summed E-state index contributed by atoms with van der Waals surface area (Å²) in [6, 6.07) is 7.88. The maximum Gasteiger partial charge on any atom is 0.191 e. The molecule has 0 spiro atoms. The first-order valence-corrected chi connectivity index (χ1v) is 8.10. The number of hydrogen-bond acceptors (Lipinski definition) is 3. The number of nitrogens with one attached hydrogen (secondary N) is 2. The highest BCUT2D eigenvalue weighted by molar-refractivity contribution is 14.0. The van der Waals surface area contributed by atoms with Crippen molar-refractivity contribution >= 4 is 41.3 Å². The van der Waals surface area contributed by atoms with Crippen molar-refractivity contribution in [1.82, 2.24) is 10.6 Å². The molecule has 0 radical (unpaired) electrons. The number of thiophene rings is 1. The van der Waals surface area contributed by atoms with Gasteiger partial charge in [-0.2, -0.15) is 11.3 Å². The average Bonchev–Trinajstić information content (AvgIpc) is 3.04. The highest BCUT2D eigenvalue weighted by atomic mass is 127. The lowest BCUT2D eigenvalue weighted by Crippen LogP contribution is -2.39. The Balaban J connectivity index is 0.00000264. The van der Waals surface area contributed by atoms with Crippen LogP contribution in [0.5, 0.6) is 0 Å². The average molecular weight is 449 g/mol. The second-order valence-corrected chi connectivity index (χ2v) is 5.56. The number of rotatable bonds is 6. The summed E-state index contributed by atoms with van der Waals surface area (Å²) >= 11 is 1.64. The van der Waals surface area contributed by atoms with Gasteiger partial charge < -0.3 is 15.7 Å². The Morgan fingerprint density at radius 2 is 2.00 bits per heavy atom. The second kappa shape index (κ2) is 10.6. The first-order chi connectivity index (χ1) is 10.7. The van der Waals surface area contributed by atoms with Gasteiger partial charge in [0.1, 0.15) is 5.82 Å². The largest absolute Gasteiger partial charge is 0.387 e. The summed E-state index contributed by atoms with van der Waals surface area (Å²) in [5.74, 6) is 0.337. The van der Waals surface area contributed by atoms with Crippen LogP contribution in [0.2, 0.25) is 0 Å². The number of guanidine groups is 1. The molecule has 0 fully saturated rings. The van der Waals surface area contributed by atoms with Crippen LogP contribution in [0.1, 0.15) is 24.2 Å². The second-order valence-electron chi connectivity index (χ2n) is 4.78. The molecule has 1 heterocycles. The Morgan fingerprint density at radius 3 is 2.61 bits per heavy atom. The summed E-state index contributed by atoms with van der Waals surface area (Å²) in [5.41, 5.74) is 1.82. The minimum Gasteiger partial charge on any atom is -0.387 e. The van der Waals surface area contributed by atoms with E-state index in [0.717, 1.165) is 12.1 Å². The molecule has 126 valence electrons. The van der Waals surface area contributed by atoms with Gasteiger partial charge in [-0.3, -0.25) is 0 Å². The van der Waals surface area contributed by atoms with Gasteiger partial charge in [-0.1, -0.05) is 12.1 Å². The quantitative estimate of drug-likeness (QED) is 0.361. The fourth-order valence-electron chi connectivity index (χ4n) is 1.89. The summed E-state index contributed by atoms with van der Waals surface area (Å²) in [6.45, 7) is 3.62. The van der Waals surface area contributed by atoms with Gasteiger partial charge in [0.2, 0.25) is 0 Å². The third-order valence-electron chi connectivity index (χ3n) is 3.06. The molecule has 0 aliphatic rings. The Bertz CT molecular complexity index is 590. The van der Waals surface area contributed by atoms with E-state index in [4.69, 9.17) is 0 Å². The molecule has 0 amide bonds. The van der Waals surface area contributed by atoms with Crippen molar-refractivity contribution < 1.29 is 9.50 Å². The predicted molar refractivity (Wildman–Crippen MR) is 104 cm³/mol. The SMILES string of the molecule is CCNC(=NCc1ccsc1)NCC(O)c1ccc(F)cc1.I. The molecule has 0 saturated carbocycles. The number of aliphatic hydroxyl groups excluding tert-OH is 1. The zero-order valence-corrected chi connectivity index (χ0v) is 16.0. The van der Waals surface area contributed by atoms with E-state index in [2.05, 4.69) is 21.0 Å². The molecule has 7 heteroatoms. The van der Waals surface area contributed by atoms with E-state index < -0.39 is 6.10 Å². The highest BCUT2D eigenvalue weighted by Gasteiger charge is 2.08. The van der Waals surface area contributed by atoms with Gasteiger partial charge in [0.15, 0.2) is 5.96 Å². The maximum absolute atomic E-state index is 12.9. The number of aliphatic hydroxyl groups is 1. The standard InChI is InChI=1S/C16H20FN3OS.HI/c1-2-18-16(19-9-12-7-8-22-11-12)20-10-15(21)13-3-5-14(17)6-4-13;/h3-8,11,15,21H,2,9-10H2,1H3,(H2,18,19,20);1H. The van der Waals surface area contributed by atoms with Crippen LogP contribution in [0.4, 0.5) is 4.39 Å². The van der Waals surface area contributed by atoms with Crippen LogP contribution < -0.4 is 10.6 Å². The molecule has 1 aromatic heterocycles. The Kier molecular flexibility index (Phi) is 9.12. The first-order valence-electron chi connectivity index (χ1n) is 7.16. The van der Waals surface area contributed by atoms with Gasteiger partial charge in [-0.05, 0) is 47.0 Å². The van der Waals surface area contributed by atoms with Crippen molar-refractivity contribution in [2.45, 2.75) is 19.6 Å². The molecule has 1 atom stereocenters. The van der Waals surface area contributed by atoms with Crippen LogP contribution in [0.3, 0.4) is 0 Å². The van der Waals surface area contributed by atoms with Gasteiger partial charge in [-0.15, -0.1) is 24.0 Å². The minimum atomic E-state index is -0.717. The van der Waals surface area contributed by atoms with Gasteiger partial charge in [0.25, 0.3) is 0 Å². The van der Waals surface area contributed by atoms with E-state index in [1.807, 2.05) is 18.4 Å². The number of benzene rings is 1. The molecule has 0 aliphatic carbocycles. The van der Waals surface area contributed by atoms with Crippen LogP contribution in [0.15, 0.2) is 46.1 Å². The number of halogens is 2. The Labute approximate surface area is 156 Å². The summed E-state index contributed by atoms with van der Waals surface area (Å²) in [5, 5.41) is 20.4. The third-order valence-corrected chi connectivity index (χ3v) is 3.79. The van der Waals surface area contributed by atoms with Crippen molar-refractivity contribution in [3.63, 3.8) is 0 Å². The van der Waals surface area contributed by atoms with Crippen LogP contribution >= 0.6 is 35.3 Å². The number of hydrogen-bond donors (Lipinski definition) is 3. The summed E-state index contributed by atoms with van der Waals surface area (Å²) in [6.07, 6.45) is -0.717. The van der Waals surface area contributed by atoms with Crippen LogP contribution in [-0.2, 0) is 6.54 Å².